The van der Waals surface area contributed by atoms with Crippen molar-refractivity contribution in [1.29, 1.82) is 0 Å². The van der Waals surface area contributed by atoms with Crippen LogP contribution in [0.15, 0.2) is 69.0 Å². The van der Waals surface area contributed by atoms with E-state index in [4.69, 9.17) is 21.1 Å². The molecular formula is C26H21BrClFN4O4. The lowest BCUT2D eigenvalue weighted by Crippen LogP contribution is -2.21. The molecule has 0 saturated carbocycles. The second-order valence-corrected chi connectivity index (χ2v) is 9.12. The first kappa shape index (κ1) is 26.3. The molecule has 0 aliphatic rings. The van der Waals surface area contributed by atoms with Gasteiger partial charge in [0.1, 0.15) is 11.6 Å². The molecule has 0 bridgehead atoms. The summed E-state index contributed by atoms with van der Waals surface area (Å²) in [7, 11) is 0. The number of ether oxygens (including phenoxy) is 2. The van der Waals surface area contributed by atoms with Crippen LogP contribution in [0.1, 0.15) is 18.3 Å². The number of aryl methyl sites for hydroxylation is 1. The summed E-state index contributed by atoms with van der Waals surface area (Å²) in [6, 6.07) is 14.0. The van der Waals surface area contributed by atoms with Crippen LogP contribution in [0.4, 0.5) is 10.1 Å². The molecule has 0 spiro atoms. The van der Waals surface area contributed by atoms with E-state index >= 15 is 0 Å². The maximum atomic E-state index is 13.3. The molecule has 0 saturated heterocycles. The molecule has 1 aromatic heterocycles. The highest BCUT2D eigenvalue weighted by atomic mass is 79.9. The first-order valence-electron chi connectivity index (χ1n) is 11.1. The quantitative estimate of drug-likeness (QED) is 0.273. The van der Waals surface area contributed by atoms with E-state index in [0.717, 1.165) is 4.47 Å². The Morgan fingerprint density at radius 3 is 2.78 bits per heavy atom. The molecule has 11 heteroatoms. The summed E-state index contributed by atoms with van der Waals surface area (Å²) in [6.45, 7) is 3.41. The van der Waals surface area contributed by atoms with Crippen molar-refractivity contribution >= 4 is 56.2 Å². The third-order valence-electron chi connectivity index (χ3n) is 5.08. The smallest absolute Gasteiger partial charge is 0.282 e. The second kappa shape index (κ2) is 11.5. The third kappa shape index (κ3) is 6.33. The van der Waals surface area contributed by atoms with Crippen LogP contribution in [0.25, 0.3) is 10.9 Å². The van der Waals surface area contributed by atoms with Crippen molar-refractivity contribution in [1.82, 2.24) is 9.66 Å². The van der Waals surface area contributed by atoms with E-state index in [1.807, 2.05) is 6.07 Å². The molecule has 1 heterocycles. The van der Waals surface area contributed by atoms with Crippen LogP contribution >= 0.6 is 27.5 Å². The Bertz CT molecular complexity index is 1570. The lowest BCUT2D eigenvalue weighted by molar-refractivity contribution is -0.118. The van der Waals surface area contributed by atoms with Gasteiger partial charge in [-0.2, -0.15) is 9.78 Å². The SMILES string of the molecule is CCOc1cc(C=Nn2c(C)nc3ccc(Br)cc3c2=O)cc(Cl)c1OCC(=O)Nc1cccc(F)c1. The summed E-state index contributed by atoms with van der Waals surface area (Å²) in [5, 5.41) is 7.46. The number of aromatic nitrogens is 2. The van der Waals surface area contributed by atoms with E-state index in [1.54, 1.807) is 44.2 Å². The molecule has 3 aromatic carbocycles. The number of amides is 1. The zero-order chi connectivity index (χ0) is 26.5. The summed E-state index contributed by atoms with van der Waals surface area (Å²) < 4.78 is 26.6. The first-order chi connectivity index (χ1) is 17.7. The number of fused-ring (bicyclic) bond motifs is 1. The molecule has 0 fully saturated rings. The minimum absolute atomic E-state index is 0.167. The van der Waals surface area contributed by atoms with Crippen LogP contribution in [0, 0.1) is 12.7 Å². The molecule has 4 rings (SSSR count). The Labute approximate surface area is 224 Å². The normalized spacial score (nSPS) is 11.2. The van der Waals surface area contributed by atoms with Gasteiger partial charge in [0.2, 0.25) is 0 Å². The summed E-state index contributed by atoms with van der Waals surface area (Å²) in [4.78, 5) is 29.7. The number of rotatable bonds is 8. The molecule has 0 atom stereocenters. The lowest BCUT2D eigenvalue weighted by Gasteiger charge is -2.14. The molecule has 8 nitrogen and oxygen atoms in total. The monoisotopic (exact) mass is 586 g/mol. The summed E-state index contributed by atoms with van der Waals surface area (Å²) in [6.07, 6.45) is 1.45. The lowest BCUT2D eigenvalue weighted by atomic mass is 10.2. The fourth-order valence-electron chi connectivity index (χ4n) is 3.49. The molecule has 0 radical (unpaired) electrons. The van der Waals surface area contributed by atoms with E-state index in [1.165, 1.54) is 29.1 Å². The highest BCUT2D eigenvalue weighted by molar-refractivity contribution is 9.10. The maximum Gasteiger partial charge on any atom is 0.282 e. The fourth-order valence-corrected chi connectivity index (χ4v) is 4.12. The minimum atomic E-state index is -0.500. The summed E-state index contributed by atoms with van der Waals surface area (Å²) >= 11 is 9.81. The van der Waals surface area contributed by atoms with Crippen LogP contribution in [-0.2, 0) is 4.79 Å². The first-order valence-corrected chi connectivity index (χ1v) is 12.3. The molecule has 4 aromatic rings. The molecule has 0 aliphatic carbocycles. The maximum absolute atomic E-state index is 13.3. The Morgan fingerprint density at radius 1 is 1.22 bits per heavy atom. The summed E-state index contributed by atoms with van der Waals surface area (Å²) in [5.41, 5.74) is 1.09. The Morgan fingerprint density at radius 2 is 2.03 bits per heavy atom. The number of nitrogens with zero attached hydrogens (tertiary/aromatic N) is 3. The van der Waals surface area contributed by atoms with Gasteiger partial charge in [-0.3, -0.25) is 9.59 Å². The molecule has 37 heavy (non-hydrogen) atoms. The Kier molecular flexibility index (Phi) is 8.20. The Hall–Kier alpha value is -3.76. The Balaban J connectivity index is 1.57. The molecular weight excluding hydrogens is 567 g/mol. The number of carbonyl (C=O) groups excluding carboxylic acids is 1. The predicted molar refractivity (Wildman–Crippen MR) is 145 cm³/mol. The van der Waals surface area contributed by atoms with E-state index in [2.05, 4.69) is 31.3 Å². The zero-order valence-electron chi connectivity index (χ0n) is 19.8. The van der Waals surface area contributed by atoms with E-state index in [-0.39, 0.29) is 22.9 Å². The third-order valence-corrected chi connectivity index (χ3v) is 5.85. The van der Waals surface area contributed by atoms with Gasteiger partial charge in [0.15, 0.2) is 18.1 Å². The highest BCUT2D eigenvalue weighted by Gasteiger charge is 2.15. The average Bonchev–Trinajstić information content (AvgIpc) is 2.84. The number of benzene rings is 3. The van der Waals surface area contributed by atoms with Crippen molar-refractivity contribution in [2.24, 2.45) is 5.10 Å². The molecule has 0 aliphatic heterocycles. The van der Waals surface area contributed by atoms with Crippen LogP contribution < -0.4 is 20.3 Å². The van der Waals surface area contributed by atoms with Gasteiger partial charge in [-0.1, -0.05) is 33.6 Å². The van der Waals surface area contributed by atoms with Gasteiger partial charge < -0.3 is 14.8 Å². The predicted octanol–water partition coefficient (Wildman–Crippen LogP) is 5.56. The van der Waals surface area contributed by atoms with E-state index in [0.29, 0.717) is 40.3 Å². The van der Waals surface area contributed by atoms with Gasteiger partial charge in [-0.25, -0.2) is 9.37 Å². The standard InChI is InChI=1S/C26H21BrClFN4O4/c1-3-36-23-10-16(13-30-33-15(2)31-22-8-7-17(27)11-20(22)26(33)35)9-21(28)25(23)37-14-24(34)32-19-6-4-5-18(29)12-19/h4-13H,3,14H2,1-2H3,(H,32,34). The fraction of sp³-hybridized carbons (Fsp3) is 0.154. The number of halogens is 3. The summed E-state index contributed by atoms with van der Waals surface area (Å²) in [5.74, 6) is -0.0979. The van der Waals surface area contributed by atoms with Crippen LogP contribution in [0.2, 0.25) is 5.02 Å². The van der Waals surface area contributed by atoms with Crippen molar-refractivity contribution < 1.29 is 18.7 Å². The zero-order valence-corrected chi connectivity index (χ0v) is 22.1. The highest BCUT2D eigenvalue weighted by Crippen LogP contribution is 2.36. The number of anilines is 1. The van der Waals surface area contributed by atoms with Gasteiger partial charge in [0.25, 0.3) is 11.5 Å². The molecule has 1 N–H and O–H groups in total. The number of nitrogens with one attached hydrogen (secondary N) is 1. The largest absolute Gasteiger partial charge is 0.490 e. The van der Waals surface area contributed by atoms with E-state index in [9.17, 15) is 14.0 Å². The van der Waals surface area contributed by atoms with Crippen molar-refractivity contribution in [3.63, 3.8) is 0 Å². The van der Waals surface area contributed by atoms with Crippen molar-refractivity contribution in [2.75, 3.05) is 18.5 Å². The van der Waals surface area contributed by atoms with Gasteiger partial charge in [0, 0.05) is 10.2 Å². The van der Waals surface area contributed by atoms with Gasteiger partial charge in [-0.05, 0) is 67.9 Å². The number of hydrogen-bond acceptors (Lipinski definition) is 6. The van der Waals surface area contributed by atoms with Crippen molar-refractivity contribution in [3.8, 4) is 11.5 Å². The van der Waals surface area contributed by atoms with Crippen LogP contribution in [0.5, 0.6) is 11.5 Å². The van der Waals surface area contributed by atoms with E-state index < -0.39 is 11.7 Å². The minimum Gasteiger partial charge on any atom is -0.490 e. The topological polar surface area (TPSA) is 94.8 Å². The van der Waals surface area contributed by atoms with Gasteiger partial charge in [-0.15, -0.1) is 0 Å². The number of hydrogen-bond donors (Lipinski definition) is 1. The molecule has 190 valence electrons. The van der Waals surface area contributed by atoms with Crippen LogP contribution in [-0.4, -0.2) is 35.0 Å². The average molecular weight is 588 g/mol. The second-order valence-electron chi connectivity index (χ2n) is 7.79. The molecule has 0 unspecified atom stereocenters. The van der Waals surface area contributed by atoms with Gasteiger partial charge in [0.05, 0.1) is 28.7 Å². The number of carbonyl (C=O) groups is 1. The van der Waals surface area contributed by atoms with Crippen LogP contribution in [0.3, 0.4) is 0 Å². The van der Waals surface area contributed by atoms with Crippen molar-refractivity contribution in [2.45, 2.75) is 13.8 Å². The van der Waals surface area contributed by atoms with Gasteiger partial charge >= 0.3 is 0 Å². The van der Waals surface area contributed by atoms with Crippen molar-refractivity contribution in [3.05, 3.63) is 91.7 Å². The molecule has 1 amide bonds.